The molecule has 0 spiro atoms. The number of hydrogen-bond donors (Lipinski definition) is 3. The van der Waals surface area contributed by atoms with E-state index >= 15 is 0 Å². The zero-order valence-electron chi connectivity index (χ0n) is 8.37. The Bertz CT molecular complexity index is 595. The number of halogens is 2. The molecular weight excluding hydrogens is 232 g/mol. The minimum Gasteiger partial charge on any atom is -0.478 e. The van der Waals surface area contributed by atoms with Gasteiger partial charge in [-0.25, -0.2) is 13.6 Å². The first kappa shape index (κ1) is 11.1. The van der Waals surface area contributed by atoms with E-state index in [2.05, 4.69) is 10.2 Å². The van der Waals surface area contributed by atoms with Gasteiger partial charge in [-0.3, -0.25) is 5.10 Å². The summed E-state index contributed by atoms with van der Waals surface area (Å²) in [7, 11) is 0. The molecule has 5 nitrogen and oxygen atoms in total. The van der Waals surface area contributed by atoms with E-state index in [1.54, 1.807) is 0 Å². The van der Waals surface area contributed by atoms with Crippen LogP contribution in [-0.2, 0) is 0 Å². The molecule has 2 aromatic rings. The maximum absolute atomic E-state index is 13.6. The third kappa shape index (κ3) is 1.82. The molecule has 1 heterocycles. The van der Waals surface area contributed by atoms with Crippen LogP contribution >= 0.6 is 0 Å². The van der Waals surface area contributed by atoms with Crippen LogP contribution in [-0.4, -0.2) is 21.3 Å². The number of nitrogen functional groups attached to an aromatic ring is 1. The number of hydrogen-bond acceptors (Lipinski definition) is 3. The number of nitrogens with two attached hydrogens (primary N) is 1. The summed E-state index contributed by atoms with van der Waals surface area (Å²) in [6, 6.07) is 3.44. The lowest BCUT2D eigenvalue weighted by Gasteiger charge is -2.03. The largest absolute Gasteiger partial charge is 0.478 e. The van der Waals surface area contributed by atoms with Crippen LogP contribution in [0.3, 0.4) is 0 Å². The Morgan fingerprint density at radius 2 is 2.06 bits per heavy atom. The second kappa shape index (κ2) is 3.85. The van der Waals surface area contributed by atoms with Gasteiger partial charge >= 0.3 is 5.97 Å². The van der Waals surface area contributed by atoms with Crippen LogP contribution in [0.1, 0.15) is 10.4 Å². The van der Waals surface area contributed by atoms with Crippen molar-refractivity contribution >= 4 is 11.8 Å². The smallest absolute Gasteiger partial charge is 0.338 e. The topological polar surface area (TPSA) is 92.0 Å². The fourth-order valence-corrected chi connectivity index (χ4v) is 1.40. The minimum absolute atomic E-state index is 0.127. The molecule has 17 heavy (non-hydrogen) atoms. The Morgan fingerprint density at radius 3 is 2.59 bits per heavy atom. The van der Waals surface area contributed by atoms with Crippen LogP contribution in [0.4, 0.5) is 14.6 Å². The van der Waals surface area contributed by atoms with E-state index < -0.39 is 23.2 Å². The SMILES string of the molecule is Nc1cc(-c2ccc(C(=O)O)c(F)c2F)[nH]n1. The maximum atomic E-state index is 13.6. The van der Waals surface area contributed by atoms with Crippen LogP contribution in [0.25, 0.3) is 11.3 Å². The number of aromatic carboxylic acids is 1. The van der Waals surface area contributed by atoms with Gasteiger partial charge in [0, 0.05) is 11.6 Å². The van der Waals surface area contributed by atoms with Crippen molar-refractivity contribution in [1.82, 2.24) is 10.2 Å². The fourth-order valence-electron chi connectivity index (χ4n) is 1.40. The Kier molecular flexibility index (Phi) is 2.51. The summed E-state index contributed by atoms with van der Waals surface area (Å²) < 4.78 is 27.0. The third-order valence-electron chi connectivity index (χ3n) is 2.20. The monoisotopic (exact) mass is 239 g/mol. The van der Waals surface area contributed by atoms with Gasteiger partial charge in [-0.15, -0.1) is 0 Å². The molecule has 1 aromatic carbocycles. The van der Waals surface area contributed by atoms with Gasteiger partial charge in [-0.2, -0.15) is 5.10 Å². The first-order valence-corrected chi connectivity index (χ1v) is 4.53. The van der Waals surface area contributed by atoms with Gasteiger partial charge in [0.2, 0.25) is 0 Å². The van der Waals surface area contributed by atoms with Gasteiger partial charge in [0.1, 0.15) is 5.82 Å². The van der Waals surface area contributed by atoms with E-state index in [9.17, 15) is 13.6 Å². The maximum Gasteiger partial charge on any atom is 0.338 e. The van der Waals surface area contributed by atoms with Gasteiger partial charge in [0.25, 0.3) is 0 Å². The van der Waals surface area contributed by atoms with E-state index in [0.717, 1.165) is 12.1 Å². The van der Waals surface area contributed by atoms with Crippen molar-refractivity contribution in [3.63, 3.8) is 0 Å². The van der Waals surface area contributed by atoms with E-state index in [1.807, 2.05) is 0 Å². The summed E-state index contributed by atoms with van der Waals surface area (Å²) in [6.45, 7) is 0. The quantitative estimate of drug-likeness (QED) is 0.742. The van der Waals surface area contributed by atoms with Crippen LogP contribution in [0.2, 0.25) is 0 Å². The van der Waals surface area contributed by atoms with Crippen molar-refractivity contribution in [2.75, 3.05) is 5.73 Å². The summed E-state index contributed by atoms with van der Waals surface area (Å²) in [6.07, 6.45) is 0. The first-order valence-electron chi connectivity index (χ1n) is 4.53. The highest BCUT2D eigenvalue weighted by atomic mass is 19.2. The number of H-pyrrole nitrogens is 1. The van der Waals surface area contributed by atoms with E-state index in [0.29, 0.717) is 0 Å². The van der Waals surface area contributed by atoms with Crippen LogP contribution in [0.5, 0.6) is 0 Å². The number of nitrogens with zero attached hydrogens (tertiary/aromatic N) is 1. The molecule has 4 N–H and O–H groups in total. The molecule has 0 atom stereocenters. The third-order valence-corrected chi connectivity index (χ3v) is 2.20. The number of carbonyl (C=O) groups is 1. The van der Waals surface area contributed by atoms with Crippen molar-refractivity contribution in [2.24, 2.45) is 0 Å². The molecule has 0 fully saturated rings. The Labute approximate surface area is 93.9 Å². The number of carboxylic acids is 1. The summed E-state index contributed by atoms with van der Waals surface area (Å²) in [4.78, 5) is 10.6. The average molecular weight is 239 g/mol. The molecule has 7 heteroatoms. The van der Waals surface area contributed by atoms with Crippen molar-refractivity contribution in [3.05, 3.63) is 35.4 Å². The van der Waals surface area contributed by atoms with Crippen molar-refractivity contribution in [1.29, 1.82) is 0 Å². The highest BCUT2D eigenvalue weighted by Gasteiger charge is 2.19. The molecule has 0 bridgehead atoms. The number of carboxylic acid groups (broad SMARTS) is 1. The van der Waals surface area contributed by atoms with Gasteiger partial charge in [-0.05, 0) is 12.1 Å². The van der Waals surface area contributed by atoms with E-state index in [4.69, 9.17) is 10.8 Å². The van der Waals surface area contributed by atoms with Crippen molar-refractivity contribution in [3.8, 4) is 11.3 Å². The molecule has 0 radical (unpaired) electrons. The highest BCUT2D eigenvalue weighted by molar-refractivity contribution is 5.88. The summed E-state index contributed by atoms with van der Waals surface area (Å²) >= 11 is 0. The zero-order valence-corrected chi connectivity index (χ0v) is 8.37. The average Bonchev–Trinajstić information content (AvgIpc) is 2.68. The van der Waals surface area contributed by atoms with E-state index in [1.165, 1.54) is 6.07 Å². The predicted octanol–water partition coefficient (Wildman–Crippen LogP) is 1.64. The van der Waals surface area contributed by atoms with Crippen molar-refractivity contribution in [2.45, 2.75) is 0 Å². The second-order valence-electron chi connectivity index (χ2n) is 3.30. The van der Waals surface area contributed by atoms with Gasteiger partial charge in [0.05, 0.1) is 11.3 Å². The standard InChI is InChI=1S/C10H7F2N3O2/c11-8-4(6-3-7(13)15-14-6)1-2-5(9(8)12)10(16)17/h1-3H,(H,16,17)(H3,13,14,15). The second-order valence-corrected chi connectivity index (χ2v) is 3.30. The molecule has 0 saturated heterocycles. The Morgan fingerprint density at radius 1 is 1.35 bits per heavy atom. The first-order chi connectivity index (χ1) is 8.00. The number of rotatable bonds is 2. The van der Waals surface area contributed by atoms with Crippen LogP contribution in [0, 0.1) is 11.6 Å². The molecule has 2 rings (SSSR count). The highest BCUT2D eigenvalue weighted by Crippen LogP contribution is 2.25. The fraction of sp³-hybridized carbons (Fsp3) is 0. The summed E-state index contributed by atoms with van der Waals surface area (Å²) in [5, 5.41) is 14.6. The zero-order chi connectivity index (χ0) is 12.6. The molecule has 0 aliphatic carbocycles. The number of anilines is 1. The molecular formula is C10H7F2N3O2. The molecule has 0 unspecified atom stereocenters. The van der Waals surface area contributed by atoms with E-state index in [-0.39, 0.29) is 17.1 Å². The van der Waals surface area contributed by atoms with Gasteiger partial charge in [0.15, 0.2) is 11.6 Å². The van der Waals surface area contributed by atoms with Gasteiger partial charge < -0.3 is 10.8 Å². The van der Waals surface area contributed by atoms with Crippen molar-refractivity contribution < 1.29 is 18.7 Å². The van der Waals surface area contributed by atoms with Crippen LogP contribution < -0.4 is 5.73 Å². The Hall–Kier alpha value is -2.44. The van der Waals surface area contributed by atoms with Gasteiger partial charge in [-0.1, -0.05) is 0 Å². The number of benzene rings is 1. The number of aromatic amines is 1. The van der Waals surface area contributed by atoms with Crippen LogP contribution in [0.15, 0.2) is 18.2 Å². The number of nitrogens with one attached hydrogen (secondary N) is 1. The summed E-state index contributed by atoms with van der Waals surface area (Å²) in [5.74, 6) is -4.07. The molecule has 0 aliphatic rings. The summed E-state index contributed by atoms with van der Waals surface area (Å²) in [5.41, 5.74) is 4.65. The molecule has 0 aliphatic heterocycles. The Balaban J connectivity index is 2.58. The lowest BCUT2D eigenvalue weighted by Crippen LogP contribution is -2.03. The predicted molar refractivity (Wildman–Crippen MR) is 55.3 cm³/mol. The molecule has 0 saturated carbocycles. The molecule has 0 amide bonds. The lowest BCUT2D eigenvalue weighted by molar-refractivity contribution is 0.0690. The number of aromatic nitrogens is 2. The molecule has 88 valence electrons. The lowest BCUT2D eigenvalue weighted by atomic mass is 10.1. The molecule has 1 aromatic heterocycles. The minimum atomic E-state index is -1.53. The normalized spacial score (nSPS) is 10.5.